The van der Waals surface area contributed by atoms with E-state index in [4.69, 9.17) is 0 Å². The van der Waals surface area contributed by atoms with E-state index in [0.717, 1.165) is 0 Å². The van der Waals surface area contributed by atoms with Gasteiger partial charge in [-0.2, -0.15) is 0 Å². The van der Waals surface area contributed by atoms with Crippen LogP contribution >= 0.6 is 0 Å². The molecule has 0 amide bonds. The van der Waals surface area contributed by atoms with Gasteiger partial charge in [0.1, 0.15) is 0 Å². The molecule has 0 saturated carbocycles. The summed E-state index contributed by atoms with van der Waals surface area (Å²) in [6, 6.07) is -0.903. The zero-order valence-corrected chi connectivity index (χ0v) is 3.99. The van der Waals surface area contributed by atoms with Gasteiger partial charge >= 0.3 is 0 Å². The first kappa shape index (κ1) is 6.78. The summed E-state index contributed by atoms with van der Waals surface area (Å²) in [5, 5.41) is 0. The van der Waals surface area contributed by atoms with E-state index in [-0.39, 0.29) is 0 Å². The topological polar surface area (TPSA) is 38.0 Å². The first-order valence-electron chi connectivity index (χ1n) is 1.92. The number of hydrogen-bond acceptors (Lipinski definition) is 2. The molecule has 7 heavy (non-hydrogen) atoms. The van der Waals surface area contributed by atoms with Crippen molar-refractivity contribution in [2.45, 2.75) is 19.4 Å². The molecule has 44 valence electrons. The third kappa shape index (κ3) is 2.47. The van der Waals surface area contributed by atoms with Crippen LogP contribution in [0.4, 0.5) is 8.78 Å². The quantitative estimate of drug-likeness (QED) is 0.391. The van der Waals surface area contributed by atoms with Crippen LogP contribution in [-0.4, -0.2) is 12.5 Å². The molecule has 0 bridgehead atoms. The molecule has 0 radical (unpaired) electrons. The molecule has 1 atom stereocenters. The van der Waals surface area contributed by atoms with Gasteiger partial charge in [0, 0.05) is 0 Å². The molecule has 2 nitrogen and oxygen atoms in total. The number of nitrogens with two attached hydrogens (primary N) is 1. The van der Waals surface area contributed by atoms with Crippen LogP contribution in [0, 0.1) is 0 Å². The van der Waals surface area contributed by atoms with Crippen molar-refractivity contribution in [1.82, 2.24) is 5.43 Å². The van der Waals surface area contributed by atoms with Crippen molar-refractivity contribution in [3.05, 3.63) is 0 Å². The lowest BCUT2D eigenvalue weighted by molar-refractivity contribution is 0.106. The molecular formula is C3H8F2N2. The molecule has 3 N–H and O–H groups in total. The zero-order valence-electron chi connectivity index (χ0n) is 3.99. The van der Waals surface area contributed by atoms with Gasteiger partial charge in [-0.05, 0) is 6.92 Å². The van der Waals surface area contributed by atoms with E-state index in [1.807, 2.05) is 5.43 Å². The minimum atomic E-state index is -2.37. The Morgan fingerprint density at radius 1 is 1.57 bits per heavy atom. The molecule has 0 fully saturated rings. The van der Waals surface area contributed by atoms with Crippen LogP contribution in [0.15, 0.2) is 0 Å². The summed E-state index contributed by atoms with van der Waals surface area (Å²) in [4.78, 5) is 0. The Morgan fingerprint density at radius 2 is 2.00 bits per heavy atom. The smallest absolute Gasteiger partial charge is 0.254 e. The van der Waals surface area contributed by atoms with E-state index in [1.165, 1.54) is 6.92 Å². The van der Waals surface area contributed by atoms with Gasteiger partial charge in [-0.3, -0.25) is 11.3 Å². The summed E-state index contributed by atoms with van der Waals surface area (Å²) in [6.07, 6.45) is -2.37. The van der Waals surface area contributed by atoms with Crippen molar-refractivity contribution >= 4 is 0 Å². The fourth-order valence-corrected chi connectivity index (χ4v) is 0.0727. The van der Waals surface area contributed by atoms with Gasteiger partial charge in [-0.15, -0.1) is 0 Å². The maximum Gasteiger partial charge on any atom is 0.254 e. The van der Waals surface area contributed by atoms with Crippen LogP contribution in [-0.2, 0) is 0 Å². The predicted molar refractivity (Wildman–Crippen MR) is 22.8 cm³/mol. The molecule has 0 aliphatic heterocycles. The average molecular weight is 110 g/mol. The van der Waals surface area contributed by atoms with Crippen LogP contribution in [0.1, 0.15) is 6.92 Å². The van der Waals surface area contributed by atoms with E-state index in [2.05, 4.69) is 5.84 Å². The molecule has 0 unspecified atom stereocenters. The van der Waals surface area contributed by atoms with Gasteiger partial charge in [0.15, 0.2) is 0 Å². The lowest BCUT2D eigenvalue weighted by Crippen LogP contribution is -2.37. The van der Waals surface area contributed by atoms with E-state index < -0.39 is 12.5 Å². The van der Waals surface area contributed by atoms with E-state index in [0.29, 0.717) is 0 Å². The molecular weight excluding hydrogens is 102 g/mol. The molecule has 0 aliphatic carbocycles. The summed E-state index contributed by atoms with van der Waals surface area (Å²) in [7, 11) is 0. The van der Waals surface area contributed by atoms with Crippen LogP contribution in [0.5, 0.6) is 0 Å². The largest absolute Gasteiger partial charge is 0.271 e. The fourth-order valence-electron chi connectivity index (χ4n) is 0.0727. The lowest BCUT2D eigenvalue weighted by Gasteiger charge is -2.05. The number of alkyl halides is 2. The normalized spacial score (nSPS) is 15.0. The predicted octanol–water partition coefficient (Wildman–Crippen LogP) is 0.103. The molecule has 4 heteroatoms. The summed E-state index contributed by atoms with van der Waals surface area (Å²) in [5.74, 6) is 4.64. The summed E-state index contributed by atoms with van der Waals surface area (Å²) in [6.45, 7) is 1.31. The monoisotopic (exact) mass is 110 g/mol. The van der Waals surface area contributed by atoms with Crippen molar-refractivity contribution < 1.29 is 8.78 Å². The van der Waals surface area contributed by atoms with Gasteiger partial charge in [0.05, 0.1) is 6.04 Å². The Hall–Kier alpha value is -0.220. The van der Waals surface area contributed by atoms with E-state index >= 15 is 0 Å². The van der Waals surface area contributed by atoms with Crippen molar-refractivity contribution in [3.8, 4) is 0 Å². The highest BCUT2D eigenvalue weighted by atomic mass is 19.3. The maximum absolute atomic E-state index is 11.3. The maximum atomic E-state index is 11.3. The molecule has 0 heterocycles. The highest BCUT2D eigenvalue weighted by Crippen LogP contribution is 1.95. The number of hydrazine groups is 1. The summed E-state index contributed by atoms with van der Waals surface area (Å²) in [5.41, 5.74) is 1.91. The Labute approximate surface area is 40.7 Å². The number of rotatable bonds is 2. The Bertz CT molecular complexity index is 48.2. The van der Waals surface area contributed by atoms with Gasteiger partial charge in [0.2, 0.25) is 0 Å². The lowest BCUT2D eigenvalue weighted by atomic mass is 10.4. The molecule has 0 aromatic heterocycles. The Morgan fingerprint density at radius 3 is 2.00 bits per heavy atom. The number of nitrogens with one attached hydrogen (secondary N) is 1. The summed E-state index contributed by atoms with van der Waals surface area (Å²) >= 11 is 0. The second-order valence-corrected chi connectivity index (χ2v) is 1.29. The van der Waals surface area contributed by atoms with Gasteiger partial charge < -0.3 is 0 Å². The second kappa shape index (κ2) is 2.87. The van der Waals surface area contributed by atoms with Crippen molar-refractivity contribution in [2.24, 2.45) is 5.84 Å². The highest BCUT2D eigenvalue weighted by Gasteiger charge is 2.10. The first-order valence-corrected chi connectivity index (χ1v) is 1.92. The highest BCUT2D eigenvalue weighted by molar-refractivity contribution is 4.55. The molecule has 0 aromatic carbocycles. The van der Waals surface area contributed by atoms with Crippen LogP contribution in [0.2, 0.25) is 0 Å². The van der Waals surface area contributed by atoms with E-state index in [9.17, 15) is 8.78 Å². The van der Waals surface area contributed by atoms with Gasteiger partial charge in [0.25, 0.3) is 6.43 Å². The Balaban J connectivity index is 3.14. The summed E-state index contributed by atoms with van der Waals surface area (Å²) < 4.78 is 22.6. The Kier molecular flexibility index (Phi) is 2.78. The minimum absolute atomic E-state index is 0.903. The van der Waals surface area contributed by atoms with Gasteiger partial charge in [-0.25, -0.2) is 8.78 Å². The van der Waals surface area contributed by atoms with Crippen molar-refractivity contribution in [2.75, 3.05) is 0 Å². The number of halogens is 2. The van der Waals surface area contributed by atoms with Crippen LogP contribution in [0.25, 0.3) is 0 Å². The molecule has 0 aliphatic rings. The average Bonchev–Trinajstić information content (AvgIpc) is 1.65. The molecule has 0 spiro atoms. The SMILES string of the molecule is C[C@@H](NN)C(F)F. The molecule has 0 rings (SSSR count). The van der Waals surface area contributed by atoms with Crippen molar-refractivity contribution in [3.63, 3.8) is 0 Å². The second-order valence-electron chi connectivity index (χ2n) is 1.29. The first-order chi connectivity index (χ1) is 3.18. The van der Waals surface area contributed by atoms with Gasteiger partial charge in [-0.1, -0.05) is 0 Å². The standard InChI is InChI=1S/C3H8F2N2/c1-2(7-6)3(4)5/h2-3,7H,6H2,1H3/t2-/m1/s1. The van der Waals surface area contributed by atoms with Crippen LogP contribution < -0.4 is 11.3 Å². The molecule has 0 saturated heterocycles. The number of hydrogen-bond donors (Lipinski definition) is 2. The minimum Gasteiger partial charge on any atom is -0.271 e. The zero-order chi connectivity index (χ0) is 5.86. The van der Waals surface area contributed by atoms with E-state index in [1.54, 1.807) is 0 Å². The third-order valence-electron chi connectivity index (χ3n) is 0.641. The molecule has 0 aromatic rings. The van der Waals surface area contributed by atoms with Crippen molar-refractivity contribution in [1.29, 1.82) is 0 Å². The fraction of sp³-hybridized carbons (Fsp3) is 1.00. The third-order valence-corrected chi connectivity index (χ3v) is 0.641. The van der Waals surface area contributed by atoms with Crippen LogP contribution in [0.3, 0.4) is 0 Å².